The summed E-state index contributed by atoms with van der Waals surface area (Å²) in [5.74, 6) is 0.318. The van der Waals surface area contributed by atoms with E-state index in [4.69, 9.17) is 5.73 Å². The van der Waals surface area contributed by atoms with Gasteiger partial charge >= 0.3 is 0 Å². The van der Waals surface area contributed by atoms with Crippen molar-refractivity contribution in [2.45, 2.75) is 13.1 Å². The first kappa shape index (κ1) is 10.0. The van der Waals surface area contributed by atoms with Gasteiger partial charge in [0.1, 0.15) is 5.75 Å². The van der Waals surface area contributed by atoms with Crippen LogP contribution >= 0.6 is 0 Å². The van der Waals surface area contributed by atoms with Crippen molar-refractivity contribution in [2.24, 2.45) is 0 Å². The van der Waals surface area contributed by atoms with Crippen LogP contribution in [-0.2, 0) is 13.1 Å². The fraction of sp³-hybridized carbons (Fsp3) is 0.143. The predicted molar refractivity (Wildman–Crippen MR) is 68.8 cm³/mol. The lowest BCUT2D eigenvalue weighted by molar-refractivity contribution is 0.474. The molecule has 0 atom stereocenters. The molecule has 0 fully saturated rings. The molecule has 2 aromatic rings. The van der Waals surface area contributed by atoms with E-state index in [0.717, 1.165) is 24.5 Å². The highest BCUT2D eigenvalue weighted by molar-refractivity contribution is 5.63. The van der Waals surface area contributed by atoms with Crippen molar-refractivity contribution in [1.82, 2.24) is 0 Å². The number of hydrogen-bond donors (Lipinski definition) is 2. The Morgan fingerprint density at radius 3 is 2.59 bits per heavy atom. The average molecular weight is 226 g/mol. The molecule has 1 heterocycles. The molecule has 86 valence electrons. The highest BCUT2D eigenvalue weighted by Gasteiger charge is 2.22. The fourth-order valence-corrected chi connectivity index (χ4v) is 2.35. The molecule has 0 aliphatic carbocycles. The van der Waals surface area contributed by atoms with E-state index in [9.17, 15) is 5.11 Å². The van der Waals surface area contributed by atoms with E-state index in [1.54, 1.807) is 6.07 Å². The zero-order valence-corrected chi connectivity index (χ0v) is 9.43. The van der Waals surface area contributed by atoms with Crippen LogP contribution in [0, 0.1) is 0 Å². The molecule has 0 saturated heterocycles. The number of hydrogen-bond acceptors (Lipinski definition) is 3. The number of fused-ring (bicyclic) bond motifs is 1. The minimum Gasteiger partial charge on any atom is -0.506 e. The molecule has 3 nitrogen and oxygen atoms in total. The molecule has 0 unspecified atom stereocenters. The topological polar surface area (TPSA) is 49.5 Å². The van der Waals surface area contributed by atoms with Gasteiger partial charge in [-0.05, 0) is 29.3 Å². The first-order valence-electron chi connectivity index (χ1n) is 5.65. The maximum absolute atomic E-state index is 9.85. The van der Waals surface area contributed by atoms with Gasteiger partial charge in [-0.3, -0.25) is 0 Å². The number of nitrogens with zero attached hydrogens (tertiary/aromatic N) is 1. The number of nitrogen functional groups attached to an aromatic ring is 1. The van der Waals surface area contributed by atoms with Crippen molar-refractivity contribution in [2.75, 3.05) is 10.6 Å². The zero-order chi connectivity index (χ0) is 11.8. The fourth-order valence-electron chi connectivity index (χ4n) is 2.35. The van der Waals surface area contributed by atoms with Crippen molar-refractivity contribution < 1.29 is 5.11 Å². The van der Waals surface area contributed by atoms with E-state index in [1.807, 2.05) is 30.3 Å². The minimum absolute atomic E-state index is 0.318. The number of phenolic OH excluding ortho intramolecular Hbond substituents is 1. The molecule has 0 bridgehead atoms. The van der Waals surface area contributed by atoms with Gasteiger partial charge in [0.05, 0.1) is 5.69 Å². The van der Waals surface area contributed by atoms with Crippen LogP contribution < -0.4 is 10.6 Å². The van der Waals surface area contributed by atoms with Gasteiger partial charge in [-0.2, -0.15) is 0 Å². The molecule has 3 rings (SSSR count). The first-order chi connectivity index (χ1) is 8.25. The Morgan fingerprint density at radius 2 is 1.82 bits per heavy atom. The molecule has 2 aromatic carbocycles. The van der Waals surface area contributed by atoms with Gasteiger partial charge in [0, 0.05) is 18.8 Å². The molecule has 1 aliphatic heterocycles. The lowest BCUT2D eigenvalue weighted by atomic mass is 10.1. The molecular weight excluding hydrogens is 212 g/mol. The first-order valence-corrected chi connectivity index (χ1v) is 5.65. The van der Waals surface area contributed by atoms with Crippen LogP contribution in [0.4, 0.5) is 11.4 Å². The molecule has 3 N–H and O–H groups in total. The second-order valence-electron chi connectivity index (χ2n) is 4.33. The van der Waals surface area contributed by atoms with Gasteiger partial charge < -0.3 is 15.7 Å². The van der Waals surface area contributed by atoms with Crippen LogP contribution in [0.1, 0.15) is 11.1 Å². The highest BCUT2D eigenvalue weighted by Crippen LogP contribution is 2.35. The summed E-state index contributed by atoms with van der Waals surface area (Å²) in [5, 5.41) is 9.85. The average Bonchev–Trinajstić information content (AvgIpc) is 2.75. The number of nitrogens with two attached hydrogens (primary N) is 1. The van der Waals surface area contributed by atoms with Crippen LogP contribution in [0.5, 0.6) is 5.75 Å². The van der Waals surface area contributed by atoms with Crippen molar-refractivity contribution >= 4 is 11.4 Å². The van der Waals surface area contributed by atoms with E-state index in [-0.39, 0.29) is 0 Å². The third-order valence-electron chi connectivity index (χ3n) is 3.24. The molecule has 0 saturated carbocycles. The van der Waals surface area contributed by atoms with Gasteiger partial charge in [-0.25, -0.2) is 0 Å². The number of rotatable bonds is 1. The standard InChI is InChI=1S/C14H14N2O/c15-12-5-3-4-10-8-16(9-11(10)12)13-6-1-2-7-14(13)17/h1-7,17H,8-9,15H2. The summed E-state index contributed by atoms with van der Waals surface area (Å²) in [6.45, 7) is 1.57. The zero-order valence-electron chi connectivity index (χ0n) is 9.43. The summed E-state index contributed by atoms with van der Waals surface area (Å²) in [5.41, 5.74) is 10.1. The van der Waals surface area contributed by atoms with E-state index < -0.39 is 0 Å². The van der Waals surface area contributed by atoms with E-state index in [1.165, 1.54) is 11.1 Å². The van der Waals surface area contributed by atoms with Crippen LogP contribution in [0.15, 0.2) is 42.5 Å². The SMILES string of the molecule is Nc1cccc2c1CN(c1ccccc1O)C2. The maximum atomic E-state index is 9.85. The van der Waals surface area contributed by atoms with Crippen LogP contribution in [0.25, 0.3) is 0 Å². The quantitative estimate of drug-likeness (QED) is 0.734. The van der Waals surface area contributed by atoms with Crippen LogP contribution in [0.2, 0.25) is 0 Å². The Balaban J connectivity index is 1.97. The van der Waals surface area contributed by atoms with Crippen molar-refractivity contribution in [3.8, 4) is 5.75 Å². The van der Waals surface area contributed by atoms with Crippen molar-refractivity contribution in [3.63, 3.8) is 0 Å². The minimum atomic E-state index is 0.318. The van der Waals surface area contributed by atoms with Gasteiger partial charge in [0.25, 0.3) is 0 Å². The normalized spacial score (nSPS) is 13.8. The summed E-state index contributed by atoms with van der Waals surface area (Å²) in [6, 6.07) is 13.4. The third kappa shape index (κ3) is 1.60. The van der Waals surface area contributed by atoms with Gasteiger partial charge in [-0.15, -0.1) is 0 Å². The van der Waals surface area contributed by atoms with E-state index in [2.05, 4.69) is 11.0 Å². The number of aromatic hydroxyl groups is 1. The molecule has 0 radical (unpaired) electrons. The monoisotopic (exact) mass is 226 g/mol. The lowest BCUT2D eigenvalue weighted by Crippen LogP contribution is -2.14. The Hall–Kier alpha value is -2.16. The second kappa shape index (κ2) is 3.70. The second-order valence-corrected chi connectivity index (χ2v) is 4.33. The largest absolute Gasteiger partial charge is 0.506 e. The Kier molecular flexibility index (Phi) is 2.18. The van der Waals surface area contributed by atoms with Gasteiger partial charge in [0.15, 0.2) is 0 Å². The van der Waals surface area contributed by atoms with Crippen LogP contribution in [0.3, 0.4) is 0 Å². The predicted octanol–water partition coefficient (Wildman–Crippen LogP) is 2.49. The Bertz CT molecular complexity index is 566. The molecule has 1 aliphatic rings. The molecule has 3 heteroatoms. The molecular formula is C14H14N2O. The third-order valence-corrected chi connectivity index (χ3v) is 3.24. The van der Waals surface area contributed by atoms with Crippen molar-refractivity contribution in [1.29, 1.82) is 0 Å². The molecule has 0 spiro atoms. The summed E-state index contributed by atoms with van der Waals surface area (Å²) in [4.78, 5) is 2.14. The molecule has 0 amide bonds. The van der Waals surface area contributed by atoms with Crippen LogP contribution in [-0.4, -0.2) is 5.11 Å². The number of phenols is 1. The van der Waals surface area contributed by atoms with Gasteiger partial charge in [0.2, 0.25) is 0 Å². The summed E-state index contributed by atoms with van der Waals surface area (Å²) in [7, 11) is 0. The Labute approximate surface area is 100 Å². The summed E-state index contributed by atoms with van der Waals surface area (Å²) >= 11 is 0. The van der Waals surface area contributed by atoms with E-state index in [0.29, 0.717) is 5.75 Å². The summed E-state index contributed by atoms with van der Waals surface area (Å²) in [6.07, 6.45) is 0. The van der Waals surface area contributed by atoms with E-state index >= 15 is 0 Å². The number of anilines is 2. The Morgan fingerprint density at radius 1 is 1.00 bits per heavy atom. The smallest absolute Gasteiger partial charge is 0.138 e. The maximum Gasteiger partial charge on any atom is 0.138 e. The highest BCUT2D eigenvalue weighted by atomic mass is 16.3. The van der Waals surface area contributed by atoms with Gasteiger partial charge in [-0.1, -0.05) is 24.3 Å². The number of benzene rings is 2. The number of para-hydroxylation sites is 2. The summed E-state index contributed by atoms with van der Waals surface area (Å²) < 4.78 is 0. The molecule has 17 heavy (non-hydrogen) atoms. The lowest BCUT2D eigenvalue weighted by Gasteiger charge is -2.18. The molecule has 0 aromatic heterocycles. The van der Waals surface area contributed by atoms with Crippen molar-refractivity contribution in [3.05, 3.63) is 53.6 Å².